The molecule has 0 bridgehead atoms. The van der Waals surface area contributed by atoms with Crippen LogP contribution in [0, 0.1) is 6.92 Å². The second kappa shape index (κ2) is 8.08. The van der Waals surface area contributed by atoms with Crippen molar-refractivity contribution in [3.63, 3.8) is 0 Å². The van der Waals surface area contributed by atoms with Gasteiger partial charge in [-0.15, -0.1) is 11.6 Å². The predicted octanol–water partition coefficient (Wildman–Crippen LogP) is 2.23. The van der Waals surface area contributed by atoms with E-state index < -0.39 is 0 Å². The van der Waals surface area contributed by atoms with Gasteiger partial charge in [0.25, 0.3) is 0 Å². The lowest BCUT2D eigenvalue weighted by atomic mass is 10.3. The molecule has 0 saturated heterocycles. The van der Waals surface area contributed by atoms with Gasteiger partial charge in [0.1, 0.15) is 0 Å². The van der Waals surface area contributed by atoms with Crippen LogP contribution < -0.4 is 5.32 Å². The lowest BCUT2D eigenvalue weighted by molar-refractivity contribution is 0.146. The van der Waals surface area contributed by atoms with Crippen molar-refractivity contribution in [1.29, 1.82) is 0 Å². The molecular weight excluding hydrogens is 305 g/mol. The van der Waals surface area contributed by atoms with Crippen LogP contribution in [0.25, 0.3) is 0 Å². The molecule has 1 aromatic rings. The molecule has 1 aromatic heterocycles. The highest BCUT2D eigenvalue weighted by Gasteiger charge is 2.09. The summed E-state index contributed by atoms with van der Waals surface area (Å²) in [7, 11) is 1.96. The van der Waals surface area contributed by atoms with Crippen molar-refractivity contribution < 1.29 is 4.74 Å². The SMILES string of the molecule is Cc1nn(C)c(CNCCCOCCCl)c1Br. The normalized spacial score (nSPS) is 11.1. The van der Waals surface area contributed by atoms with E-state index in [1.165, 1.54) is 5.69 Å². The minimum absolute atomic E-state index is 0.564. The molecular formula is C11H19BrClN3O. The number of nitrogens with zero attached hydrogens (tertiary/aromatic N) is 2. The van der Waals surface area contributed by atoms with Crippen molar-refractivity contribution in [2.45, 2.75) is 19.9 Å². The fraction of sp³-hybridized carbons (Fsp3) is 0.727. The molecule has 4 nitrogen and oxygen atoms in total. The molecule has 0 atom stereocenters. The van der Waals surface area contributed by atoms with Crippen LogP contribution in [0.15, 0.2) is 4.47 Å². The molecule has 0 aliphatic carbocycles. The predicted molar refractivity (Wildman–Crippen MR) is 73.5 cm³/mol. The smallest absolute Gasteiger partial charge is 0.0739 e. The lowest BCUT2D eigenvalue weighted by Gasteiger charge is -2.06. The largest absolute Gasteiger partial charge is 0.380 e. The third-order valence-corrected chi connectivity index (χ3v) is 3.60. The van der Waals surface area contributed by atoms with Crippen LogP contribution in [0.5, 0.6) is 0 Å². The molecule has 0 fully saturated rings. The molecule has 17 heavy (non-hydrogen) atoms. The topological polar surface area (TPSA) is 39.1 Å². The quantitative estimate of drug-likeness (QED) is 0.589. The third kappa shape index (κ3) is 4.95. The number of halogens is 2. The van der Waals surface area contributed by atoms with Gasteiger partial charge < -0.3 is 10.1 Å². The van der Waals surface area contributed by atoms with Crippen LogP contribution in [0.1, 0.15) is 17.8 Å². The number of hydrogen-bond donors (Lipinski definition) is 1. The van der Waals surface area contributed by atoms with Gasteiger partial charge in [-0.3, -0.25) is 4.68 Å². The maximum absolute atomic E-state index is 5.50. The number of aryl methyl sites for hydroxylation is 2. The Balaban J connectivity index is 2.18. The molecule has 0 unspecified atom stereocenters. The number of alkyl halides is 1. The first-order chi connectivity index (χ1) is 8.16. The molecule has 0 spiro atoms. The highest BCUT2D eigenvalue weighted by molar-refractivity contribution is 9.10. The van der Waals surface area contributed by atoms with Gasteiger partial charge in [-0.2, -0.15) is 5.10 Å². The number of ether oxygens (including phenoxy) is 1. The number of hydrogen-bond acceptors (Lipinski definition) is 3. The first kappa shape index (κ1) is 15.0. The maximum atomic E-state index is 5.50. The zero-order valence-electron chi connectivity index (χ0n) is 10.3. The molecule has 1 N–H and O–H groups in total. The van der Waals surface area contributed by atoms with Gasteiger partial charge in [-0.05, 0) is 35.8 Å². The van der Waals surface area contributed by atoms with Gasteiger partial charge in [0.2, 0.25) is 0 Å². The fourth-order valence-corrected chi connectivity index (χ4v) is 2.12. The Morgan fingerprint density at radius 1 is 1.47 bits per heavy atom. The Morgan fingerprint density at radius 2 is 2.24 bits per heavy atom. The first-order valence-electron chi connectivity index (χ1n) is 5.69. The molecule has 0 aliphatic heterocycles. The highest BCUT2D eigenvalue weighted by atomic mass is 79.9. The standard InChI is InChI=1S/C11H19BrClN3O/c1-9-11(12)10(16(2)15-9)8-14-5-3-6-17-7-4-13/h14H,3-8H2,1-2H3. The molecule has 1 rings (SSSR count). The summed E-state index contributed by atoms with van der Waals surface area (Å²) in [4.78, 5) is 0. The summed E-state index contributed by atoms with van der Waals surface area (Å²) in [6, 6.07) is 0. The van der Waals surface area contributed by atoms with Crippen LogP contribution in [-0.2, 0) is 18.3 Å². The van der Waals surface area contributed by atoms with E-state index in [9.17, 15) is 0 Å². The summed E-state index contributed by atoms with van der Waals surface area (Å²) in [5.41, 5.74) is 2.19. The van der Waals surface area contributed by atoms with Crippen LogP contribution in [-0.4, -0.2) is 35.4 Å². The summed E-state index contributed by atoms with van der Waals surface area (Å²) in [6.45, 7) is 5.12. The third-order valence-electron chi connectivity index (χ3n) is 2.42. The van der Waals surface area contributed by atoms with E-state index in [-0.39, 0.29) is 0 Å². The zero-order chi connectivity index (χ0) is 12.7. The molecule has 0 amide bonds. The van der Waals surface area contributed by atoms with Gasteiger partial charge >= 0.3 is 0 Å². The first-order valence-corrected chi connectivity index (χ1v) is 7.02. The molecule has 0 aliphatic rings. The summed E-state index contributed by atoms with van der Waals surface area (Å²) in [5, 5.41) is 7.71. The second-order valence-electron chi connectivity index (χ2n) is 3.80. The highest BCUT2D eigenvalue weighted by Crippen LogP contribution is 2.19. The van der Waals surface area contributed by atoms with Gasteiger partial charge in [-0.1, -0.05) is 0 Å². The monoisotopic (exact) mass is 323 g/mol. The van der Waals surface area contributed by atoms with E-state index in [0.717, 1.165) is 36.3 Å². The Bertz CT molecular complexity index is 344. The minimum atomic E-state index is 0.564. The Labute approximate surface area is 116 Å². The Morgan fingerprint density at radius 3 is 2.82 bits per heavy atom. The summed E-state index contributed by atoms with van der Waals surface area (Å²) < 4.78 is 8.28. The van der Waals surface area contributed by atoms with Crippen LogP contribution in [0.2, 0.25) is 0 Å². The molecule has 6 heteroatoms. The number of aromatic nitrogens is 2. The zero-order valence-corrected chi connectivity index (χ0v) is 12.6. The molecule has 0 radical (unpaired) electrons. The van der Waals surface area contributed by atoms with Crippen LogP contribution in [0.4, 0.5) is 0 Å². The van der Waals surface area contributed by atoms with E-state index in [1.807, 2.05) is 18.7 Å². The Hall–Kier alpha value is -0.100. The lowest BCUT2D eigenvalue weighted by Crippen LogP contribution is -2.18. The van der Waals surface area contributed by atoms with Crippen molar-refractivity contribution in [1.82, 2.24) is 15.1 Å². The molecule has 1 heterocycles. The maximum Gasteiger partial charge on any atom is 0.0739 e. The Kier molecular flexibility index (Phi) is 7.11. The van der Waals surface area contributed by atoms with E-state index >= 15 is 0 Å². The van der Waals surface area contributed by atoms with Crippen LogP contribution in [0.3, 0.4) is 0 Å². The van der Waals surface area contributed by atoms with Crippen molar-refractivity contribution in [2.24, 2.45) is 7.05 Å². The van der Waals surface area contributed by atoms with E-state index in [1.54, 1.807) is 0 Å². The summed E-state index contributed by atoms with van der Waals surface area (Å²) >= 11 is 9.04. The number of nitrogens with one attached hydrogen (secondary N) is 1. The van der Waals surface area contributed by atoms with Crippen molar-refractivity contribution in [3.8, 4) is 0 Å². The average molecular weight is 325 g/mol. The van der Waals surface area contributed by atoms with Crippen LogP contribution >= 0.6 is 27.5 Å². The van der Waals surface area contributed by atoms with E-state index in [4.69, 9.17) is 16.3 Å². The molecule has 0 saturated carbocycles. The number of rotatable bonds is 8. The average Bonchev–Trinajstić information content (AvgIpc) is 2.54. The minimum Gasteiger partial charge on any atom is -0.380 e. The van der Waals surface area contributed by atoms with E-state index in [2.05, 4.69) is 26.3 Å². The summed E-state index contributed by atoms with van der Waals surface area (Å²) in [6.07, 6.45) is 0.991. The fourth-order valence-electron chi connectivity index (χ4n) is 1.53. The summed E-state index contributed by atoms with van der Waals surface area (Å²) in [5.74, 6) is 0.564. The van der Waals surface area contributed by atoms with Gasteiger partial charge in [0, 0.05) is 26.1 Å². The van der Waals surface area contributed by atoms with Gasteiger partial charge in [0.05, 0.1) is 22.5 Å². The van der Waals surface area contributed by atoms with Crippen molar-refractivity contribution in [3.05, 3.63) is 15.9 Å². The molecule has 98 valence electrons. The molecule has 0 aromatic carbocycles. The van der Waals surface area contributed by atoms with Gasteiger partial charge in [-0.25, -0.2) is 0 Å². The van der Waals surface area contributed by atoms with E-state index in [0.29, 0.717) is 12.5 Å². The van der Waals surface area contributed by atoms with Crippen molar-refractivity contribution in [2.75, 3.05) is 25.6 Å². The van der Waals surface area contributed by atoms with Crippen molar-refractivity contribution >= 4 is 27.5 Å². The second-order valence-corrected chi connectivity index (χ2v) is 4.97. The van der Waals surface area contributed by atoms with Gasteiger partial charge in [0.15, 0.2) is 0 Å².